The second kappa shape index (κ2) is 5.19. The van der Waals surface area contributed by atoms with E-state index >= 15 is 0 Å². The topological polar surface area (TPSA) is 62.3 Å². The normalized spacial score (nSPS) is 23.0. The van der Waals surface area contributed by atoms with Crippen molar-refractivity contribution >= 4 is 11.9 Å². The molecule has 3 amide bonds. The number of carbonyl (C=O) groups is 2. The molecule has 2 aromatic rings. The Morgan fingerprint density at radius 2 is 1.87 bits per heavy atom. The van der Waals surface area contributed by atoms with Crippen molar-refractivity contribution < 1.29 is 9.59 Å². The number of rotatable bonds is 2. The van der Waals surface area contributed by atoms with E-state index < -0.39 is 5.54 Å². The summed E-state index contributed by atoms with van der Waals surface area (Å²) in [5.74, 6) is -0.136. The molecule has 1 unspecified atom stereocenters. The number of fused-ring (bicyclic) bond motifs is 1. The first-order chi connectivity index (χ1) is 11.2. The van der Waals surface area contributed by atoms with Gasteiger partial charge in [0.15, 0.2) is 0 Å². The predicted molar refractivity (Wildman–Crippen MR) is 84.5 cm³/mol. The van der Waals surface area contributed by atoms with Crippen molar-refractivity contribution in [2.24, 2.45) is 0 Å². The number of nitrogens with zero attached hydrogens (tertiary/aromatic N) is 2. The highest BCUT2D eigenvalue weighted by Crippen LogP contribution is 2.33. The Balaban J connectivity index is 1.61. The van der Waals surface area contributed by atoms with E-state index in [-0.39, 0.29) is 18.5 Å². The number of amides is 3. The zero-order valence-electron chi connectivity index (χ0n) is 12.7. The third-order valence-corrected chi connectivity index (χ3v) is 4.72. The molecule has 1 aromatic carbocycles. The fraction of sp³-hybridized carbons (Fsp3) is 0.278. The van der Waals surface area contributed by atoms with E-state index in [2.05, 4.69) is 16.4 Å². The van der Waals surface area contributed by atoms with Gasteiger partial charge < -0.3 is 5.32 Å². The summed E-state index contributed by atoms with van der Waals surface area (Å²) in [4.78, 5) is 30.8. The number of hydrogen-bond acceptors (Lipinski definition) is 3. The Bertz CT molecular complexity index is 775. The molecule has 1 aliphatic heterocycles. The van der Waals surface area contributed by atoms with Crippen molar-refractivity contribution in [2.75, 3.05) is 0 Å². The zero-order chi connectivity index (χ0) is 15.9. The molecule has 5 heteroatoms. The summed E-state index contributed by atoms with van der Waals surface area (Å²) < 4.78 is 0. The van der Waals surface area contributed by atoms with Crippen LogP contribution < -0.4 is 5.32 Å². The Kier molecular flexibility index (Phi) is 3.15. The molecule has 4 rings (SSSR count). The predicted octanol–water partition coefficient (Wildman–Crippen LogP) is 2.06. The van der Waals surface area contributed by atoms with Gasteiger partial charge in [0.1, 0.15) is 5.54 Å². The fourth-order valence-electron chi connectivity index (χ4n) is 3.50. The summed E-state index contributed by atoms with van der Waals surface area (Å²) in [5.41, 5.74) is 2.33. The van der Waals surface area contributed by atoms with Crippen molar-refractivity contribution in [3.63, 3.8) is 0 Å². The molecule has 1 spiro atoms. The average Bonchev–Trinajstić information content (AvgIpc) is 2.80. The lowest BCUT2D eigenvalue weighted by Crippen LogP contribution is -2.51. The van der Waals surface area contributed by atoms with Gasteiger partial charge in [0.25, 0.3) is 5.91 Å². The van der Waals surface area contributed by atoms with Gasteiger partial charge in [-0.25, -0.2) is 4.79 Å². The molecule has 1 aromatic heterocycles. The van der Waals surface area contributed by atoms with E-state index in [9.17, 15) is 9.59 Å². The lowest BCUT2D eigenvalue weighted by atomic mass is 9.78. The summed E-state index contributed by atoms with van der Waals surface area (Å²) >= 11 is 0. The SMILES string of the molecule is O=C1NC2(CCc3ccccc3C2)C(=O)N1Cc1ccccn1. The van der Waals surface area contributed by atoms with E-state index in [0.29, 0.717) is 18.5 Å². The maximum Gasteiger partial charge on any atom is 0.325 e. The molecule has 1 aliphatic carbocycles. The van der Waals surface area contributed by atoms with Gasteiger partial charge in [-0.3, -0.25) is 14.7 Å². The van der Waals surface area contributed by atoms with Crippen LogP contribution in [0.25, 0.3) is 0 Å². The van der Waals surface area contributed by atoms with Crippen LogP contribution >= 0.6 is 0 Å². The minimum atomic E-state index is -0.791. The number of benzene rings is 1. The van der Waals surface area contributed by atoms with Crippen LogP contribution in [0.3, 0.4) is 0 Å². The smallest absolute Gasteiger partial charge is 0.323 e. The van der Waals surface area contributed by atoms with E-state index in [1.807, 2.05) is 36.4 Å². The number of aryl methyl sites for hydroxylation is 1. The van der Waals surface area contributed by atoms with Gasteiger partial charge in [0.05, 0.1) is 12.2 Å². The fourth-order valence-corrected chi connectivity index (χ4v) is 3.50. The van der Waals surface area contributed by atoms with Crippen LogP contribution in [0.1, 0.15) is 23.2 Å². The number of carbonyl (C=O) groups excluding carboxylic acids is 2. The Hall–Kier alpha value is -2.69. The van der Waals surface area contributed by atoms with Crippen molar-refractivity contribution in [1.82, 2.24) is 15.2 Å². The van der Waals surface area contributed by atoms with Crippen LogP contribution in [0.2, 0.25) is 0 Å². The molecule has 1 N–H and O–H groups in total. The summed E-state index contributed by atoms with van der Waals surface area (Å²) in [6.45, 7) is 0.217. The number of hydrogen-bond donors (Lipinski definition) is 1. The lowest BCUT2D eigenvalue weighted by molar-refractivity contribution is -0.132. The number of nitrogens with one attached hydrogen (secondary N) is 1. The maximum absolute atomic E-state index is 12.9. The van der Waals surface area contributed by atoms with Crippen molar-refractivity contribution in [3.05, 3.63) is 65.5 Å². The molecule has 0 saturated carbocycles. The number of urea groups is 1. The molecule has 1 atom stereocenters. The first-order valence-electron chi connectivity index (χ1n) is 7.79. The minimum Gasteiger partial charge on any atom is -0.323 e. The Morgan fingerprint density at radius 3 is 2.65 bits per heavy atom. The third kappa shape index (κ3) is 2.29. The van der Waals surface area contributed by atoms with Crippen LogP contribution in [-0.2, 0) is 24.2 Å². The summed E-state index contributed by atoms with van der Waals surface area (Å²) in [5, 5.41) is 2.94. The van der Waals surface area contributed by atoms with E-state index in [0.717, 1.165) is 12.0 Å². The highest BCUT2D eigenvalue weighted by Gasteiger charge is 2.52. The largest absolute Gasteiger partial charge is 0.325 e. The van der Waals surface area contributed by atoms with Gasteiger partial charge in [-0.1, -0.05) is 30.3 Å². The molecule has 23 heavy (non-hydrogen) atoms. The molecular formula is C18H17N3O2. The molecule has 2 heterocycles. The van der Waals surface area contributed by atoms with Crippen LogP contribution in [-0.4, -0.2) is 27.4 Å². The van der Waals surface area contributed by atoms with Gasteiger partial charge in [-0.15, -0.1) is 0 Å². The van der Waals surface area contributed by atoms with Crippen LogP contribution in [0.5, 0.6) is 0 Å². The Labute approximate surface area is 134 Å². The second-order valence-corrected chi connectivity index (χ2v) is 6.17. The van der Waals surface area contributed by atoms with Crippen LogP contribution in [0, 0.1) is 0 Å². The van der Waals surface area contributed by atoms with Gasteiger partial charge in [0, 0.05) is 12.6 Å². The van der Waals surface area contributed by atoms with E-state index in [4.69, 9.17) is 0 Å². The summed E-state index contributed by atoms with van der Waals surface area (Å²) in [6.07, 6.45) is 3.68. The van der Waals surface area contributed by atoms with Crippen molar-refractivity contribution in [1.29, 1.82) is 0 Å². The van der Waals surface area contributed by atoms with Gasteiger partial charge in [-0.2, -0.15) is 0 Å². The highest BCUT2D eigenvalue weighted by atomic mass is 16.2. The quantitative estimate of drug-likeness (QED) is 0.864. The van der Waals surface area contributed by atoms with Crippen LogP contribution in [0.15, 0.2) is 48.7 Å². The second-order valence-electron chi connectivity index (χ2n) is 6.17. The molecular weight excluding hydrogens is 290 g/mol. The first-order valence-corrected chi connectivity index (χ1v) is 7.79. The summed E-state index contributed by atoms with van der Waals surface area (Å²) in [7, 11) is 0. The molecule has 2 aliphatic rings. The van der Waals surface area contributed by atoms with Gasteiger partial charge >= 0.3 is 6.03 Å². The van der Waals surface area contributed by atoms with Crippen molar-refractivity contribution in [3.8, 4) is 0 Å². The summed E-state index contributed by atoms with van der Waals surface area (Å²) in [6, 6.07) is 13.3. The van der Waals surface area contributed by atoms with Crippen LogP contribution in [0.4, 0.5) is 4.79 Å². The Morgan fingerprint density at radius 1 is 1.09 bits per heavy atom. The lowest BCUT2D eigenvalue weighted by Gasteiger charge is -2.32. The molecule has 1 saturated heterocycles. The van der Waals surface area contributed by atoms with E-state index in [1.165, 1.54) is 10.5 Å². The standard InChI is InChI=1S/C18H17N3O2/c22-16-18(9-8-13-5-1-2-6-14(13)11-18)20-17(23)21(16)12-15-7-3-4-10-19-15/h1-7,10H,8-9,11-12H2,(H,20,23). The number of pyridine rings is 1. The first kappa shape index (κ1) is 13.9. The molecule has 1 fully saturated rings. The van der Waals surface area contributed by atoms with Gasteiger partial charge in [0.2, 0.25) is 0 Å². The molecule has 0 bridgehead atoms. The highest BCUT2D eigenvalue weighted by molar-refractivity contribution is 6.07. The minimum absolute atomic E-state index is 0.136. The van der Waals surface area contributed by atoms with E-state index in [1.54, 1.807) is 6.20 Å². The van der Waals surface area contributed by atoms with Gasteiger partial charge in [-0.05, 0) is 36.1 Å². The average molecular weight is 307 g/mol. The molecule has 0 radical (unpaired) electrons. The monoisotopic (exact) mass is 307 g/mol. The molecule has 5 nitrogen and oxygen atoms in total. The number of aromatic nitrogens is 1. The maximum atomic E-state index is 12.9. The number of imide groups is 1. The molecule has 116 valence electrons. The van der Waals surface area contributed by atoms with Crippen molar-refractivity contribution in [2.45, 2.75) is 31.3 Å². The third-order valence-electron chi connectivity index (χ3n) is 4.72. The zero-order valence-corrected chi connectivity index (χ0v) is 12.7.